The number of nitrogens with zero attached hydrogens (tertiary/aromatic N) is 2. The van der Waals surface area contributed by atoms with Gasteiger partial charge in [-0.2, -0.15) is 0 Å². The van der Waals surface area contributed by atoms with Gasteiger partial charge in [0.1, 0.15) is 6.04 Å². The third-order valence-corrected chi connectivity index (χ3v) is 8.68. The summed E-state index contributed by atoms with van der Waals surface area (Å²) in [5.74, 6) is -0.451. The third-order valence-electron chi connectivity index (χ3n) is 6.76. The van der Waals surface area contributed by atoms with Crippen LogP contribution < -0.4 is 9.62 Å². The van der Waals surface area contributed by atoms with Crippen molar-refractivity contribution >= 4 is 55.1 Å². The molecule has 0 aliphatic carbocycles. The van der Waals surface area contributed by atoms with Crippen molar-refractivity contribution in [2.45, 2.75) is 58.2 Å². The second-order valence-electron chi connectivity index (χ2n) is 10.1. The predicted molar refractivity (Wildman–Crippen MR) is 169 cm³/mol. The van der Waals surface area contributed by atoms with Crippen LogP contribution in [0.4, 0.5) is 5.69 Å². The van der Waals surface area contributed by atoms with Gasteiger partial charge in [0.05, 0.1) is 11.9 Å². The monoisotopic (exact) mass is 661 g/mol. The molecule has 1 N–H and O–H groups in total. The summed E-state index contributed by atoms with van der Waals surface area (Å²) in [5, 5.41) is 3.48. The van der Waals surface area contributed by atoms with Crippen molar-refractivity contribution in [1.29, 1.82) is 0 Å². The molecule has 0 aliphatic rings. The number of halogens is 2. The molecule has 3 aromatic rings. The van der Waals surface area contributed by atoms with Crippen molar-refractivity contribution in [3.05, 3.63) is 99.5 Å². The number of anilines is 1. The maximum Gasteiger partial charge on any atom is 0.243 e. The number of sulfonamides is 1. The van der Waals surface area contributed by atoms with E-state index >= 15 is 0 Å². The molecule has 3 aromatic carbocycles. The van der Waals surface area contributed by atoms with Crippen LogP contribution >= 0.6 is 27.5 Å². The lowest BCUT2D eigenvalue weighted by molar-refractivity contribution is -0.141. The minimum Gasteiger partial charge on any atom is -0.352 e. The minimum absolute atomic E-state index is 0.0513. The summed E-state index contributed by atoms with van der Waals surface area (Å²) in [6.07, 6.45) is 2.56. The van der Waals surface area contributed by atoms with E-state index in [0.717, 1.165) is 28.3 Å². The first-order valence-corrected chi connectivity index (χ1v) is 16.6. The molecule has 10 heteroatoms. The van der Waals surface area contributed by atoms with E-state index in [4.69, 9.17) is 11.6 Å². The molecule has 0 radical (unpaired) electrons. The van der Waals surface area contributed by atoms with Gasteiger partial charge in [0, 0.05) is 41.5 Å². The van der Waals surface area contributed by atoms with Crippen molar-refractivity contribution in [2.75, 3.05) is 17.1 Å². The average Bonchev–Trinajstić information content (AvgIpc) is 2.92. The molecule has 0 unspecified atom stereocenters. The van der Waals surface area contributed by atoms with E-state index < -0.39 is 16.1 Å². The summed E-state index contributed by atoms with van der Waals surface area (Å²) in [6.45, 7) is 4.26. The maximum absolute atomic E-state index is 13.9. The van der Waals surface area contributed by atoms with Gasteiger partial charge in [-0.1, -0.05) is 83.0 Å². The lowest BCUT2D eigenvalue weighted by Gasteiger charge is -2.32. The number of carbonyl (C=O) groups is 2. The molecule has 0 bridgehead atoms. The zero-order valence-corrected chi connectivity index (χ0v) is 26.8. The molecule has 0 fully saturated rings. The third kappa shape index (κ3) is 10.2. The minimum atomic E-state index is -3.61. The fourth-order valence-electron chi connectivity index (χ4n) is 4.46. The lowest BCUT2D eigenvalue weighted by Crippen LogP contribution is -2.52. The van der Waals surface area contributed by atoms with Crippen LogP contribution in [0.15, 0.2) is 83.3 Å². The van der Waals surface area contributed by atoms with Gasteiger partial charge >= 0.3 is 0 Å². The molecule has 0 saturated heterocycles. The highest BCUT2D eigenvalue weighted by molar-refractivity contribution is 9.10. The van der Waals surface area contributed by atoms with Crippen LogP contribution in [0.25, 0.3) is 0 Å². The predicted octanol–water partition coefficient (Wildman–Crippen LogP) is 6.20. The van der Waals surface area contributed by atoms with Crippen LogP contribution in [0.2, 0.25) is 5.02 Å². The van der Waals surface area contributed by atoms with E-state index in [-0.39, 0.29) is 43.8 Å². The molecule has 2 atom stereocenters. The molecular formula is C31H37BrClN3O4S. The zero-order chi connectivity index (χ0) is 30.0. The van der Waals surface area contributed by atoms with Gasteiger partial charge in [-0.05, 0) is 61.2 Å². The van der Waals surface area contributed by atoms with Gasteiger partial charge in [-0.15, -0.1) is 0 Å². The highest BCUT2D eigenvalue weighted by Gasteiger charge is 2.31. The Morgan fingerprint density at radius 2 is 1.66 bits per heavy atom. The molecule has 0 saturated carbocycles. The first-order chi connectivity index (χ1) is 19.5. The van der Waals surface area contributed by atoms with E-state index in [0.29, 0.717) is 17.1 Å². The Hall–Kier alpha value is -2.88. The average molecular weight is 663 g/mol. The Balaban J connectivity index is 1.89. The highest BCUT2D eigenvalue weighted by Crippen LogP contribution is 2.23. The fourth-order valence-corrected chi connectivity index (χ4v) is 6.05. The second kappa shape index (κ2) is 15.4. The second-order valence-corrected chi connectivity index (χ2v) is 13.4. The molecule has 0 aromatic heterocycles. The standard InChI is InChI=1S/C31H37BrClN3O4S/c1-4-23(2)34-31(38)29(20-24-11-6-5-7-12-24)35(22-25-13-8-14-26(32)19-25)30(37)17-10-18-36(41(3,39)40)28-16-9-15-27(33)21-28/h5-9,11-16,19,21,23,29H,4,10,17-18,20,22H2,1-3H3,(H,34,38)/t23-,29-/m1/s1. The van der Waals surface area contributed by atoms with E-state index in [1.54, 1.807) is 29.2 Å². The Labute approximate surface area is 257 Å². The van der Waals surface area contributed by atoms with E-state index in [9.17, 15) is 18.0 Å². The van der Waals surface area contributed by atoms with Gasteiger partial charge < -0.3 is 10.2 Å². The molecule has 220 valence electrons. The van der Waals surface area contributed by atoms with Gasteiger partial charge in [0.25, 0.3) is 0 Å². The van der Waals surface area contributed by atoms with E-state index in [2.05, 4.69) is 21.2 Å². The largest absolute Gasteiger partial charge is 0.352 e. The molecular weight excluding hydrogens is 626 g/mol. The van der Waals surface area contributed by atoms with Gasteiger partial charge in [-0.3, -0.25) is 13.9 Å². The van der Waals surface area contributed by atoms with Crippen molar-refractivity contribution in [2.24, 2.45) is 0 Å². The van der Waals surface area contributed by atoms with Gasteiger partial charge in [0.2, 0.25) is 21.8 Å². The van der Waals surface area contributed by atoms with E-state index in [1.165, 1.54) is 4.31 Å². The normalized spacial score (nSPS) is 12.8. The lowest BCUT2D eigenvalue weighted by atomic mass is 10.0. The van der Waals surface area contributed by atoms with Crippen LogP contribution in [0.1, 0.15) is 44.2 Å². The summed E-state index contributed by atoms with van der Waals surface area (Å²) in [6, 6.07) is 23.1. The number of rotatable bonds is 14. The number of hydrogen-bond acceptors (Lipinski definition) is 4. The van der Waals surface area contributed by atoms with Gasteiger partial charge in [-0.25, -0.2) is 8.42 Å². The summed E-state index contributed by atoms with van der Waals surface area (Å²) in [7, 11) is -3.61. The highest BCUT2D eigenvalue weighted by atomic mass is 79.9. The summed E-state index contributed by atoms with van der Waals surface area (Å²) < 4.78 is 27.3. The number of carbonyl (C=O) groups excluding carboxylic acids is 2. The Bertz CT molecular complexity index is 1420. The summed E-state index contributed by atoms with van der Waals surface area (Å²) in [5.41, 5.74) is 2.25. The van der Waals surface area contributed by atoms with E-state index in [1.807, 2.05) is 68.4 Å². The van der Waals surface area contributed by atoms with Crippen LogP contribution in [0.3, 0.4) is 0 Å². The molecule has 0 spiro atoms. The SMILES string of the molecule is CC[C@@H](C)NC(=O)[C@@H](Cc1ccccc1)N(Cc1cccc(Br)c1)C(=O)CCCN(c1cccc(Cl)c1)S(C)(=O)=O. The first kappa shape index (κ1) is 32.6. The fraction of sp³-hybridized carbons (Fsp3) is 0.355. The number of benzene rings is 3. The van der Waals surface area contributed by atoms with Crippen LogP contribution in [-0.4, -0.2) is 50.0 Å². The molecule has 0 heterocycles. The smallest absolute Gasteiger partial charge is 0.243 e. The maximum atomic E-state index is 13.9. The Morgan fingerprint density at radius 3 is 2.29 bits per heavy atom. The molecule has 3 rings (SSSR count). The van der Waals surface area contributed by atoms with Crippen molar-refractivity contribution in [3.63, 3.8) is 0 Å². The Kier molecular flexibility index (Phi) is 12.2. The molecule has 7 nitrogen and oxygen atoms in total. The Morgan fingerprint density at radius 1 is 0.976 bits per heavy atom. The van der Waals surface area contributed by atoms with Crippen molar-refractivity contribution in [1.82, 2.24) is 10.2 Å². The number of amides is 2. The summed E-state index contributed by atoms with van der Waals surface area (Å²) in [4.78, 5) is 29.1. The number of hydrogen-bond donors (Lipinski definition) is 1. The quantitative estimate of drug-likeness (QED) is 0.223. The summed E-state index contributed by atoms with van der Waals surface area (Å²) >= 11 is 9.61. The van der Waals surface area contributed by atoms with Gasteiger partial charge in [0.15, 0.2) is 0 Å². The molecule has 0 aliphatic heterocycles. The van der Waals surface area contributed by atoms with Crippen molar-refractivity contribution in [3.8, 4) is 0 Å². The van der Waals surface area contributed by atoms with Crippen LogP contribution in [0, 0.1) is 0 Å². The van der Waals surface area contributed by atoms with Crippen LogP contribution in [-0.2, 0) is 32.6 Å². The molecule has 2 amide bonds. The zero-order valence-electron chi connectivity index (χ0n) is 23.6. The first-order valence-electron chi connectivity index (χ1n) is 13.6. The van der Waals surface area contributed by atoms with Crippen molar-refractivity contribution < 1.29 is 18.0 Å². The number of nitrogens with one attached hydrogen (secondary N) is 1. The van der Waals surface area contributed by atoms with Crippen LogP contribution in [0.5, 0.6) is 0 Å². The topological polar surface area (TPSA) is 86.8 Å². The molecule has 41 heavy (non-hydrogen) atoms.